The fourth-order valence-electron chi connectivity index (χ4n) is 4.52. The number of nitrogens with zero attached hydrogens (tertiary/aromatic N) is 5. The van der Waals surface area contributed by atoms with E-state index in [1.807, 2.05) is 31.7 Å². The molecule has 1 aromatic heterocycles. The zero-order valence-electron chi connectivity index (χ0n) is 20.4. The second-order valence-corrected chi connectivity index (χ2v) is 11.8. The van der Waals surface area contributed by atoms with Gasteiger partial charge in [-0.25, -0.2) is 4.79 Å². The molecule has 0 radical (unpaired) electrons. The molecule has 8 nitrogen and oxygen atoms in total. The molecule has 2 aliphatic rings. The van der Waals surface area contributed by atoms with Gasteiger partial charge in [0, 0.05) is 45.8 Å². The Bertz CT molecular complexity index is 1070. The van der Waals surface area contributed by atoms with Gasteiger partial charge >= 0.3 is 6.09 Å². The highest BCUT2D eigenvalue weighted by molar-refractivity contribution is 7.18. The molecule has 1 spiro atoms. The summed E-state index contributed by atoms with van der Waals surface area (Å²) in [7, 11) is 3.40. The van der Waals surface area contributed by atoms with Crippen molar-refractivity contribution in [2.45, 2.75) is 45.6 Å². The van der Waals surface area contributed by atoms with Crippen LogP contribution < -0.4 is 4.90 Å². The van der Waals surface area contributed by atoms with Gasteiger partial charge in [-0.1, -0.05) is 29.0 Å². The van der Waals surface area contributed by atoms with Crippen LogP contribution in [-0.4, -0.2) is 77.9 Å². The Kier molecular flexibility index (Phi) is 6.79. The predicted molar refractivity (Wildman–Crippen MR) is 135 cm³/mol. The molecule has 3 heterocycles. The molecule has 2 saturated heterocycles. The number of hydrogen-bond donors (Lipinski definition) is 0. The third-order valence-electron chi connectivity index (χ3n) is 6.45. The molecular formula is C24H32ClN5O3S. The monoisotopic (exact) mass is 505 g/mol. The average molecular weight is 506 g/mol. The summed E-state index contributed by atoms with van der Waals surface area (Å²) >= 11 is 7.92. The molecule has 2 fully saturated rings. The maximum Gasteiger partial charge on any atom is 0.410 e. The lowest BCUT2D eigenvalue weighted by atomic mass is 9.78. The second-order valence-electron chi connectivity index (χ2n) is 10.4. The topological polar surface area (TPSA) is 78.9 Å². The highest BCUT2D eigenvalue weighted by atomic mass is 35.5. The van der Waals surface area contributed by atoms with Crippen LogP contribution in [0.1, 0.15) is 50.4 Å². The van der Waals surface area contributed by atoms with Gasteiger partial charge in [-0.3, -0.25) is 4.79 Å². The minimum atomic E-state index is -0.474. The van der Waals surface area contributed by atoms with Crippen molar-refractivity contribution in [1.82, 2.24) is 20.0 Å². The van der Waals surface area contributed by atoms with Gasteiger partial charge in [0.15, 0.2) is 0 Å². The van der Waals surface area contributed by atoms with E-state index in [0.717, 1.165) is 61.1 Å². The molecule has 0 bridgehead atoms. The molecule has 0 aliphatic carbocycles. The Morgan fingerprint density at radius 2 is 1.79 bits per heavy atom. The molecular weight excluding hydrogens is 474 g/mol. The van der Waals surface area contributed by atoms with Crippen LogP contribution in [0.25, 0.3) is 10.6 Å². The van der Waals surface area contributed by atoms with E-state index in [9.17, 15) is 9.59 Å². The van der Waals surface area contributed by atoms with Crippen molar-refractivity contribution >= 4 is 40.1 Å². The Labute approximate surface area is 209 Å². The number of halogens is 1. The average Bonchev–Trinajstić information content (AvgIpc) is 3.40. The van der Waals surface area contributed by atoms with Crippen molar-refractivity contribution in [2.24, 2.45) is 5.41 Å². The number of piperidine rings is 1. The van der Waals surface area contributed by atoms with Crippen LogP contribution in [0, 0.1) is 5.41 Å². The highest BCUT2D eigenvalue weighted by Gasteiger charge is 2.42. The normalized spacial score (nSPS) is 17.8. The Hall–Kier alpha value is -2.39. The van der Waals surface area contributed by atoms with E-state index in [1.54, 1.807) is 26.2 Å². The van der Waals surface area contributed by atoms with Crippen molar-refractivity contribution in [3.8, 4) is 10.6 Å². The van der Waals surface area contributed by atoms with Gasteiger partial charge in [-0.15, -0.1) is 10.2 Å². The molecule has 10 heteroatoms. The number of rotatable bonds is 3. The van der Waals surface area contributed by atoms with Crippen molar-refractivity contribution in [1.29, 1.82) is 0 Å². The Balaban J connectivity index is 1.39. The van der Waals surface area contributed by atoms with Gasteiger partial charge in [0.1, 0.15) is 10.6 Å². The maximum absolute atomic E-state index is 12.4. The van der Waals surface area contributed by atoms with Gasteiger partial charge in [0.25, 0.3) is 5.91 Å². The zero-order chi connectivity index (χ0) is 24.7. The molecule has 1 aromatic carbocycles. The number of anilines is 1. The standard InChI is InChI=1S/C24H32ClN5O3S/c1-23(2,3)33-22(32)29-11-8-24(9-12-29)10-13-30(15-24)21-27-26-19(34-21)16-6-7-17(18(25)14-16)20(31)28(4)5/h6-7,14H,8-13,15H2,1-5H3. The largest absolute Gasteiger partial charge is 0.444 e. The number of carbonyl (C=O) groups excluding carboxylic acids is 2. The number of hydrogen-bond acceptors (Lipinski definition) is 7. The first-order valence-corrected chi connectivity index (χ1v) is 12.7. The molecule has 0 saturated carbocycles. The summed E-state index contributed by atoms with van der Waals surface area (Å²) in [6.07, 6.45) is 2.79. The van der Waals surface area contributed by atoms with Crippen LogP contribution in [0.2, 0.25) is 5.02 Å². The van der Waals surface area contributed by atoms with E-state index in [2.05, 4.69) is 15.1 Å². The van der Waals surface area contributed by atoms with Gasteiger partial charge in [-0.2, -0.15) is 0 Å². The molecule has 2 aliphatic heterocycles. The lowest BCUT2D eigenvalue weighted by Crippen LogP contribution is -2.46. The first-order valence-electron chi connectivity index (χ1n) is 11.5. The fraction of sp³-hybridized carbons (Fsp3) is 0.583. The van der Waals surface area contributed by atoms with Gasteiger partial charge in [0.2, 0.25) is 5.13 Å². The van der Waals surface area contributed by atoms with E-state index >= 15 is 0 Å². The number of likely N-dealkylation sites (tertiary alicyclic amines) is 1. The van der Waals surface area contributed by atoms with Gasteiger partial charge in [0.05, 0.1) is 10.6 Å². The zero-order valence-corrected chi connectivity index (χ0v) is 22.0. The predicted octanol–water partition coefficient (Wildman–Crippen LogP) is 4.79. The van der Waals surface area contributed by atoms with Crippen molar-refractivity contribution in [3.05, 3.63) is 28.8 Å². The molecule has 184 valence electrons. The first kappa shape index (κ1) is 24.7. The first-order chi connectivity index (χ1) is 16.0. The number of ether oxygens (including phenoxy) is 1. The quantitative estimate of drug-likeness (QED) is 0.597. The van der Waals surface area contributed by atoms with Crippen LogP contribution in [-0.2, 0) is 4.74 Å². The summed E-state index contributed by atoms with van der Waals surface area (Å²) in [5, 5.41) is 10.9. The number of benzene rings is 1. The van der Waals surface area contributed by atoms with Gasteiger partial charge in [-0.05, 0) is 57.6 Å². The third kappa shape index (κ3) is 5.30. The maximum atomic E-state index is 12.4. The van der Waals surface area contributed by atoms with E-state index in [-0.39, 0.29) is 17.4 Å². The van der Waals surface area contributed by atoms with Crippen LogP contribution in [0.15, 0.2) is 18.2 Å². The molecule has 2 aromatic rings. The van der Waals surface area contributed by atoms with E-state index in [4.69, 9.17) is 16.3 Å². The summed E-state index contributed by atoms with van der Waals surface area (Å²) in [6.45, 7) is 8.98. The van der Waals surface area contributed by atoms with E-state index in [1.165, 1.54) is 16.2 Å². The summed E-state index contributed by atoms with van der Waals surface area (Å²) in [4.78, 5) is 30.3. The summed E-state index contributed by atoms with van der Waals surface area (Å²) < 4.78 is 5.53. The number of aromatic nitrogens is 2. The van der Waals surface area contributed by atoms with Crippen LogP contribution >= 0.6 is 22.9 Å². The summed E-state index contributed by atoms with van der Waals surface area (Å²) in [5.41, 5.74) is 1.04. The van der Waals surface area contributed by atoms with Crippen LogP contribution in [0.3, 0.4) is 0 Å². The number of amides is 2. The SMILES string of the molecule is CN(C)C(=O)c1ccc(-c2nnc(N3CCC4(CCN(C(=O)OC(C)(C)C)CC4)C3)s2)cc1Cl. The summed E-state index contributed by atoms with van der Waals surface area (Å²) in [6, 6.07) is 5.38. The smallest absolute Gasteiger partial charge is 0.410 e. The van der Waals surface area contributed by atoms with Crippen molar-refractivity contribution in [3.63, 3.8) is 0 Å². The number of carbonyl (C=O) groups is 2. The molecule has 0 N–H and O–H groups in total. The minimum Gasteiger partial charge on any atom is -0.444 e. The summed E-state index contributed by atoms with van der Waals surface area (Å²) in [5.74, 6) is -0.130. The van der Waals surface area contributed by atoms with Crippen molar-refractivity contribution < 1.29 is 14.3 Å². The fourth-order valence-corrected chi connectivity index (χ4v) is 5.65. The van der Waals surface area contributed by atoms with E-state index in [0.29, 0.717) is 10.6 Å². The minimum absolute atomic E-state index is 0.130. The lowest BCUT2D eigenvalue weighted by Gasteiger charge is -2.39. The van der Waals surface area contributed by atoms with Gasteiger partial charge < -0.3 is 19.4 Å². The Morgan fingerprint density at radius 1 is 1.12 bits per heavy atom. The Morgan fingerprint density at radius 3 is 2.41 bits per heavy atom. The molecule has 0 atom stereocenters. The third-order valence-corrected chi connectivity index (χ3v) is 7.80. The molecule has 2 amide bonds. The molecule has 0 unspecified atom stereocenters. The van der Waals surface area contributed by atoms with Crippen LogP contribution in [0.5, 0.6) is 0 Å². The molecule has 4 rings (SSSR count). The lowest BCUT2D eigenvalue weighted by molar-refractivity contribution is 0.0122. The highest BCUT2D eigenvalue weighted by Crippen LogP contribution is 2.43. The van der Waals surface area contributed by atoms with Crippen molar-refractivity contribution in [2.75, 3.05) is 45.2 Å². The second kappa shape index (κ2) is 9.34. The van der Waals surface area contributed by atoms with Crippen LogP contribution in [0.4, 0.5) is 9.93 Å². The van der Waals surface area contributed by atoms with E-state index < -0.39 is 5.60 Å². The molecule has 34 heavy (non-hydrogen) atoms.